The summed E-state index contributed by atoms with van der Waals surface area (Å²) in [4.78, 5) is 12.2. The van der Waals surface area contributed by atoms with Crippen LogP contribution in [0.25, 0.3) is 0 Å². The van der Waals surface area contributed by atoms with Gasteiger partial charge in [-0.1, -0.05) is 12.1 Å². The molecule has 1 aromatic rings. The van der Waals surface area contributed by atoms with Gasteiger partial charge in [-0.25, -0.2) is 4.79 Å². The summed E-state index contributed by atoms with van der Waals surface area (Å²) in [5.74, 6) is 0.334. The molecule has 1 heterocycles. The van der Waals surface area contributed by atoms with E-state index in [4.69, 9.17) is 10.8 Å². The number of likely N-dealkylation sites (tertiary alicyclic amines) is 1. The fourth-order valence-corrected chi connectivity index (χ4v) is 2.31. The molecule has 0 unspecified atom stereocenters. The predicted octanol–water partition coefficient (Wildman–Crippen LogP) is 1.83. The Morgan fingerprint density at radius 1 is 1.35 bits per heavy atom. The Morgan fingerprint density at radius 2 is 2.00 bits per heavy atom. The van der Waals surface area contributed by atoms with Gasteiger partial charge in [-0.15, -0.1) is 0 Å². The number of nitrogens with zero attached hydrogens (tertiary/aromatic N) is 1. The zero-order chi connectivity index (χ0) is 12.4. The number of nitrogens with two attached hydrogens (primary N) is 1. The molecule has 5 heteroatoms. The van der Waals surface area contributed by atoms with Gasteiger partial charge in [0.1, 0.15) is 5.75 Å². The van der Waals surface area contributed by atoms with Crippen molar-refractivity contribution >= 4 is 11.8 Å². The van der Waals surface area contributed by atoms with Crippen LogP contribution in [0.5, 0.6) is 5.75 Å². The number of rotatable bonds is 1. The number of aromatic hydroxyl groups is 1. The standard InChI is InChI=1S/C12H16N2O3/c13-11-9(2-1-3-10(11)15)8-4-6-14(7-5-8)12(16)17/h1-3,8,15H,4-7,13H2,(H,16,17). The molecular weight excluding hydrogens is 220 g/mol. The fraction of sp³-hybridized carbons (Fsp3) is 0.417. The number of carboxylic acid groups (broad SMARTS) is 1. The third-order valence-electron chi connectivity index (χ3n) is 3.32. The molecule has 0 bridgehead atoms. The van der Waals surface area contributed by atoms with Crippen LogP contribution in [-0.2, 0) is 0 Å². The molecule has 0 radical (unpaired) electrons. The smallest absolute Gasteiger partial charge is 0.407 e. The summed E-state index contributed by atoms with van der Waals surface area (Å²) in [6.45, 7) is 1.05. The summed E-state index contributed by atoms with van der Waals surface area (Å²) in [5, 5.41) is 18.4. The molecule has 2 rings (SSSR count). The summed E-state index contributed by atoms with van der Waals surface area (Å²) in [6, 6.07) is 5.23. The minimum Gasteiger partial charge on any atom is -0.506 e. The van der Waals surface area contributed by atoms with Crippen LogP contribution >= 0.6 is 0 Å². The van der Waals surface area contributed by atoms with Crippen LogP contribution in [0.3, 0.4) is 0 Å². The summed E-state index contributed by atoms with van der Waals surface area (Å²) in [6.07, 6.45) is 0.632. The molecule has 1 fully saturated rings. The molecule has 0 saturated carbocycles. The maximum atomic E-state index is 10.8. The first-order valence-corrected chi connectivity index (χ1v) is 5.65. The van der Waals surface area contributed by atoms with Crippen molar-refractivity contribution in [2.75, 3.05) is 18.8 Å². The Hall–Kier alpha value is -1.91. The number of carbonyl (C=O) groups is 1. The number of piperidine rings is 1. The zero-order valence-electron chi connectivity index (χ0n) is 9.47. The second-order valence-electron chi connectivity index (χ2n) is 4.32. The van der Waals surface area contributed by atoms with Crippen LogP contribution in [-0.4, -0.2) is 34.3 Å². The molecule has 0 aliphatic carbocycles. The Morgan fingerprint density at radius 3 is 2.59 bits per heavy atom. The van der Waals surface area contributed by atoms with Crippen LogP contribution in [0, 0.1) is 0 Å². The topological polar surface area (TPSA) is 86.8 Å². The summed E-state index contributed by atoms with van der Waals surface area (Å²) < 4.78 is 0. The maximum Gasteiger partial charge on any atom is 0.407 e. The average molecular weight is 236 g/mol. The summed E-state index contributed by atoms with van der Waals surface area (Å²) >= 11 is 0. The second kappa shape index (κ2) is 4.53. The molecule has 1 aromatic carbocycles. The van der Waals surface area contributed by atoms with E-state index in [2.05, 4.69) is 0 Å². The van der Waals surface area contributed by atoms with Gasteiger partial charge < -0.3 is 20.8 Å². The lowest BCUT2D eigenvalue weighted by atomic mass is 9.88. The van der Waals surface area contributed by atoms with E-state index in [0.717, 1.165) is 18.4 Å². The molecular formula is C12H16N2O3. The number of phenols is 1. The Labute approximate surface area is 99.5 Å². The zero-order valence-corrected chi connectivity index (χ0v) is 9.47. The molecule has 92 valence electrons. The van der Waals surface area contributed by atoms with Crippen molar-refractivity contribution < 1.29 is 15.0 Å². The van der Waals surface area contributed by atoms with Crippen molar-refractivity contribution in [2.24, 2.45) is 0 Å². The number of phenolic OH excluding ortho intramolecular Hbond substituents is 1. The van der Waals surface area contributed by atoms with Gasteiger partial charge in [0.15, 0.2) is 0 Å². The van der Waals surface area contributed by atoms with E-state index in [-0.39, 0.29) is 11.7 Å². The van der Waals surface area contributed by atoms with Gasteiger partial charge in [-0.3, -0.25) is 0 Å². The molecule has 0 atom stereocenters. The van der Waals surface area contributed by atoms with Crippen LogP contribution in [0.4, 0.5) is 10.5 Å². The lowest BCUT2D eigenvalue weighted by molar-refractivity contribution is 0.132. The van der Waals surface area contributed by atoms with Crippen LogP contribution < -0.4 is 5.73 Å². The number of nitrogen functional groups attached to an aromatic ring is 1. The first-order valence-electron chi connectivity index (χ1n) is 5.65. The van der Waals surface area contributed by atoms with Crippen molar-refractivity contribution in [1.82, 2.24) is 4.90 Å². The number of hydrogen-bond donors (Lipinski definition) is 3. The third kappa shape index (κ3) is 2.27. The highest BCUT2D eigenvalue weighted by molar-refractivity contribution is 5.65. The SMILES string of the molecule is Nc1c(O)cccc1C1CCN(C(=O)O)CC1. The first-order chi connectivity index (χ1) is 8.09. The molecule has 1 amide bonds. The number of anilines is 1. The predicted molar refractivity (Wildman–Crippen MR) is 64.1 cm³/mol. The quantitative estimate of drug-likeness (QED) is 0.513. The molecule has 4 N–H and O–H groups in total. The van der Waals surface area contributed by atoms with E-state index in [1.807, 2.05) is 6.07 Å². The van der Waals surface area contributed by atoms with Gasteiger partial charge in [0.05, 0.1) is 5.69 Å². The van der Waals surface area contributed by atoms with Crippen molar-refractivity contribution in [2.45, 2.75) is 18.8 Å². The van der Waals surface area contributed by atoms with Gasteiger partial charge in [-0.05, 0) is 30.4 Å². The van der Waals surface area contributed by atoms with Gasteiger partial charge in [0.25, 0.3) is 0 Å². The van der Waals surface area contributed by atoms with E-state index in [0.29, 0.717) is 18.8 Å². The van der Waals surface area contributed by atoms with Crippen molar-refractivity contribution in [1.29, 1.82) is 0 Å². The van der Waals surface area contributed by atoms with Crippen molar-refractivity contribution in [3.8, 4) is 5.75 Å². The number of amides is 1. The molecule has 0 spiro atoms. The van der Waals surface area contributed by atoms with Crippen LogP contribution in [0.15, 0.2) is 18.2 Å². The van der Waals surface area contributed by atoms with Crippen molar-refractivity contribution in [3.63, 3.8) is 0 Å². The highest BCUT2D eigenvalue weighted by atomic mass is 16.4. The monoisotopic (exact) mass is 236 g/mol. The molecule has 5 nitrogen and oxygen atoms in total. The molecule has 0 aromatic heterocycles. The van der Waals surface area contributed by atoms with E-state index >= 15 is 0 Å². The molecule has 1 aliphatic heterocycles. The highest BCUT2D eigenvalue weighted by Gasteiger charge is 2.24. The van der Waals surface area contributed by atoms with Gasteiger partial charge in [0.2, 0.25) is 0 Å². The second-order valence-corrected chi connectivity index (χ2v) is 4.32. The number of benzene rings is 1. The van der Waals surface area contributed by atoms with E-state index in [1.165, 1.54) is 4.90 Å². The highest BCUT2D eigenvalue weighted by Crippen LogP contribution is 2.35. The normalized spacial score (nSPS) is 17.1. The Kier molecular flexibility index (Phi) is 3.08. The van der Waals surface area contributed by atoms with Gasteiger partial charge in [0, 0.05) is 13.1 Å². The van der Waals surface area contributed by atoms with E-state index in [1.54, 1.807) is 12.1 Å². The summed E-state index contributed by atoms with van der Waals surface area (Å²) in [5.41, 5.74) is 7.17. The minimum atomic E-state index is -0.868. The van der Waals surface area contributed by atoms with Crippen LogP contribution in [0.1, 0.15) is 24.3 Å². The van der Waals surface area contributed by atoms with E-state index in [9.17, 15) is 9.90 Å². The lowest BCUT2D eigenvalue weighted by Gasteiger charge is -2.30. The number of hydrogen-bond acceptors (Lipinski definition) is 3. The third-order valence-corrected chi connectivity index (χ3v) is 3.32. The van der Waals surface area contributed by atoms with E-state index < -0.39 is 6.09 Å². The fourth-order valence-electron chi connectivity index (χ4n) is 2.31. The van der Waals surface area contributed by atoms with Gasteiger partial charge in [-0.2, -0.15) is 0 Å². The summed E-state index contributed by atoms with van der Waals surface area (Å²) in [7, 11) is 0. The number of para-hydroxylation sites is 1. The average Bonchev–Trinajstić information content (AvgIpc) is 2.33. The maximum absolute atomic E-state index is 10.8. The first kappa shape index (κ1) is 11.6. The minimum absolute atomic E-state index is 0.100. The Bertz CT molecular complexity index is 426. The largest absolute Gasteiger partial charge is 0.506 e. The lowest BCUT2D eigenvalue weighted by Crippen LogP contribution is -2.36. The van der Waals surface area contributed by atoms with Crippen LogP contribution in [0.2, 0.25) is 0 Å². The van der Waals surface area contributed by atoms with Gasteiger partial charge >= 0.3 is 6.09 Å². The molecule has 17 heavy (non-hydrogen) atoms. The Balaban J connectivity index is 2.10. The molecule has 1 aliphatic rings. The molecule has 1 saturated heterocycles. The van der Waals surface area contributed by atoms with Crippen molar-refractivity contribution in [3.05, 3.63) is 23.8 Å².